The van der Waals surface area contributed by atoms with Gasteiger partial charge >= 0.3 is 6.03 Å². The molecule has 0 aromatic heterocycles. The molecular weight excluding hydrogens is 294 g/mol. The summed E-state index contributed by atoms with van der Waals surface area (Å²) in [4.78, 5) is 23.4. The Kier molecular flexibility index (Phi) is 6.62. The Balaban J connectivity index is 1.80. The van der Waals surface area contributed by atoms with Gasteiger partial charge in [-0.25, -0.2) is 4.79 Å². The molecular formula is C17H23N3O3. The van der Waals surface area contributed by atoms with Crippen molar-refractivity contribution in [2.75, 3.05) is 30.9 Å². The van der Waals surface area contributed by atoms with Gasteiger partial charge in [0.2, 0.25) is 5.91 Å². The summed E-state index contributed by atoms with van der Waals surface area (Å²) < 4.78 is 4.76. The minimum Gasteiger partial charge on any atom is -0.375 e. The lowest BCUT2D eigenvalue weighted by molar-refractivity contribution is -0.119. The molecule has 1 aromatic carbocycles. The molecule has 0 heterocycles. The van der Waals surface area contributed by atoms with Crippen LogP contribution in [0.4, 0.5) is 16.2 Å². The minimum atomic E-state index is -0.237. The third-order valence-corrected chi connectivity index (χ3v) is 3.61. The van der Waals surface area contributed by atoms with E-state index in [-0.39, 0.29) is 18.5 Å². The van der Waals surface area contributed by atoms with Gasteiger partial charge in [-0.2, -0.15) is 0 Å². The van der Waals surface area contributed by atoms with Crippen molar-refractivity contribution in [3.8, 4) is 0 Å². The summed E-state index contributed by atoms with van der Waals surface area (Å²) in [5, 5.41) is 8.36. The number of urea groups is 1. The van der Waals surface area contributed by atoms with Crippen molar-refractivity contribution in [1.29, 1.82) is 0 Å². The number of allylic oxidation sites excluding steroid dienone is 2. The van der Waals surface area contributed by atoms with Gasteiger partial charge in [0.05, 0.1) is 0 Å². The number of amides is 3. The molecule has 6 nitrogen and oxygen atoms in total. The smallest absolute Gasteiger partial charge is 0.319 e. The van der Waals surface area contributed by atoms with Crippen LogP contribution in [0.5, 0.6) is 0 Å². The second-order valence-electron chi connectivity index (χ2n) is 5.55. The number of hydrogen-bond donors (Lipinski definition) is 3. The van der Waals surface area contributed by atoms with E-state index in [1.54, 1.807) is 24.3 Å². The fourth-order valence-corrected chi connectivity index (χ4v) is 2.46. The molecule has 0 spiro atoms. The van der Waals surface area contributed by atoms with Gasteiger partial charge in [-0.3, -0.25) is 4.79 Å². The summed E-state index contributed by atoms with van der Waals surface area (Å²) in [5.41, 5.74) is 1.24. The Bertz CT molecular complexity index is 572. The molecule has 23 heavy (non-hydrogen) atoms. The monoisotopic (exact) mass is 317 g/mol. The first kappa shape index (κ1) is 17.0. The molecule has 1 aliphatic rings. The van der Waals surface area contributed by atoms with Gasteiger partial charge < -0.3 is 20.7 Å². The molecule has 124 valence electrons. The lowest BCUT2D eigenvalue weighted by atomic mass is 9.94. The second kappa shape index (κ2) is 8.95. The largest absolute Gasteiger partial charge is 0.375 e. The molecule has 2 rings (SSSR count). The maximum Gasteiger partial charge on any atom is 0.319 e. The zero-order chi connectivity index (χ0) is 16.5. The average molecular weight is 317 g/mol. The molecule has 3 N–H and O–H groups in total. The summed E-state index contributed by atoms with van der Waals surface area (Å²) in [6.07, 6.45) is 7.55. The topological polar surface area (TPSA) is 79.5 Å². The van der Waals surface area contributed by atoms with Crippen molar-refractivity contribution in [1.82, 2.24) is 5.32 Å². The van der Waals surface area contributed by atoms with Crippen molar-refractivity contribution in [2.24, 2.45) is 5.92 Å². The Labute approximate surface area is 136 Å². The Morgan fingerprint density at radius 3 is 2.70 bits per heavy atom. The zero-order valence-corrected chi connectivity index (χ0v) is 13.3. The standard InChI is InChI=1S/C17H23N3O3/c1-23-12-16(21)19-14-8-5-9-15(10-14)20-17(22)18-11-13-6-3-2-4-7-13/h2-3,5,8-10,13H,4,6-7,11-12H2,1H3,(H,19,21)(H2,18,20,22). The highest BCUT2D eigenvalue weighted by molar-refractivity contribution is 5.94. The molecule has 1 atom stereocenters. The number of ether oxygens (including phenoxy) is 1. The maximum absolute atomic E-state index is 11.9. The van der Waals surface area contributed by atoms with Crippen LogP contribution < -0.4 is 16.0 Å². The number of benzene rings is 1. The summed E-state index contributed by atoms with van der Waals surface area (Å²) >= 11 is 0. The van der Waals surface area contributed by atoms with Crippen LogP contribution in [-0.4, -0.2) is 32.2 Å². The number of rotatable bonds is 6. The SMILES string of the molecule is COCC(=O)Nc1cccc(NC(=O)NCC2CC=CCC2)c1. The molecule has 0 aliphatic heterocycles. The quantitative estimate of drug-likeness (QED) is 0.706. The van der Waals surface area contributed by atoms with Crippen molar-refractivity contribution in [2.45, 2.75) is 19.3 Å². The normalized spacial score (nSPS) is 16.7. The number of carbonyl (C=O) groups excluding carboxylic acids is 2. The lowest BCUT2D eigenvalue weighted by Gasteiger charge is -2.18. The molecule has 1 aliphatic carbocycles. The molecule has 0 bridgehead atoms. The van der Waals surface area contributed by atoms with Gasteiger partial charge in [0.1, 0.15) is 6.61 Å². The Morgan fingerprint density at radius 1 is 1.22 bits per heavy atom. The van der Waals surface area contributed by atoms with Gasteiger partial charge in [-0.05, 0) is 43.4 Å². The van der Waals surface area contributed by atoms with Crippen LogP contribution in [0.15, 0.2) is 36.4 Å². The van der Waals surface area contributed by atoms with E-state index in [9.17, 15) is 9.59 Å². The molecule has 1 unspecified atom stereocenters. The number of methoxy groups -OCH3 is 1. The van der Waals surface area contributed by atoms with Crippen LogP contribution in [0.3, 0.4) is 0 Å². The van der Waals surface area contributed by atoms with Crippen LogP contribution in [-0.2, 0) is 9.53 Å². The zero-order valence-electron chi connectivity index (χ0n) is 13.3. The molecule has 6 heteroatoms. The van der Waals surface area contributed by atoms with Crippen LogP contribution in [0.2, 0.25) is 0 Å². The van der Waals surface area contributed by atoms with Gasteiger partial charge in [0.25, 0.3) is 0 Å². The highest BCUT2D eigenvalue weighted by atomic mass is 16.5. The van der Waals surface area contributed by atoms with Crippen molar-refractivity contribution in [3.63, 3.8) is 0 Å². The third-order valence-electron chi connectivity index (χ3n) is 3.61. The van der Waals surface area contributed by atoms with E-state index >= 15 is 0 Å². The first-order valence-corrected chi connectivity index (χ1v) is 7.76. The van der Waals surface area contributed by atoms with Crippen molar-refractivity contribution >= 4 is 23.3 Å². The summed E-state index contributed by atoms with van der Waals surface area (Å²) in [5.74, 6) is 0.268. The maximum atomic E-state index is 11.9. The average Bonchev–Trinajstić information content (AvgIpc) is 2.54. The predicted octanol–water partition coefficient (Wildman–Crippen LogP) is 2.75. The molecule has 3 amide bonds. The van der Waals surface area contributed by atoms with Crippen LogP contribution in [0.1, 0.15) is 19.3 Å². The molecule has 0 saturated carbocycles. The van der Waals surface area contributed by atoms with Crippen LogP contribution in [0.25, 0.3) is 0 Å². The van der Waals surface area contributed by atoms with Crippen LogP contribution >= 0.6 is 0 Å². The van der Waals surface area contributed by atoms with Gasteiger partial charge in [0, 0.05) is 25.0 Å². The molecule has 0 radical (unpaired) electrons. The van der Waals surface area contributed by atoms with Gasteiger partial charge in [0.15, 0.2) is 0 Å². The number of hydrogen-bond acceptors (Lipinski definition) is 3. The molecule has 1 aromatic rings. The highest BCUT2D eigenvalue weighted by Crippen LogP contribution is 2.17. The summed E-state index contributed by atoms with van der Waals surface area (Å²) in [6.45, 7) is 0.661. The first-order chi connectivity index (χ1) is 11.2. The number of carbonyl (C=O) groups is 2. The van der Waals surface area contributed by atoms with E-state index in [0.717, 1.165) is 19.3 Å². The van der Waals surface area contributed by atoms with Crippen molar-refractivity contribution in [3.05, 3.63) is 36.4 Å². The fourth-order valence-electron chi connectivity index (χ4n) is 2.46. The van der Waals surface area contributed by atoms with E-state index in [2.05, 4.69) is 28.1 Å². The highest BCUT2D eigenvalue weighted by Gasteiger charge is 2.11. The summed E-state index contributed by atoms with van der Waals surface area (Å²) in [6, 6.07) is 6.76. The van der Waals surface area contributed by atoms with E-state index in [1.165, 1.54) is 7.11 Å². The van der Waals surface area contributed by atoms with Crippen LogP contribution in [0, 0.1) is 5.92 Å². The van der Waals surface area contributed by atoms with E-state index in [1.807, 2.05) is 0 Å². The van der Waals surface area contributed by atoms with E-state index < -0.39 is 0 Å². The second-order valence-corrected chi connectivity index (χ2v) is 5.55. The minimum absolute atomic E-state index is 0.00598. The van der Waals surface area contributed by atoms with Crippen molar-refractivity contribution < 1.29 is 14.3 Å². The van der Waals surface area contributed by atoms with Gasteiger partial charge in [-0.1, -0.05) is 18.2 Å². The fraction of sp³-hybridized carbons (Fsp3) is 0.412. The molecule has 0 saturated heterocycles. The number of nitrogens with one attached hydrogen (secondary N) is 3. The Hall–Kier alpha value is -2.34. The van der Waals surface area contributed by atoms with Gasteiger partial charge in [-0.15, -0.1) is 0 Å². The van der Waals surface area contributed by atoms with E-state index in [4.69, 9.17) is 4.74 Å². The number of anilines is 2. The van der Waals surface area contributed by atoms with E-state index in [0.29, 0.717) is 23.8 Å². The predicted molar refractivity (Wildman–Crippen MR) is 90.5 cm³/mol. The Morgan fingerprint density at radius 2 is 2.00 bits per heavy atom. The summed E-state index contributed by atoms with van der Waals surface area (Å²) in [7, 11) is 1.46. The first-order valence-electron chi connectivity index (χ1n) is 7.76. The lowest BCUT2D eigenvalue weighted by Crippen LogP contribution is -2.33. The third kappa shape index (κ3) is 6.12. The molecule has 0 fully saturated rings.